The molecule has 2 rings (SSSR count). The normalized spacial score (nSPS) is 11.7. The predicted octanol–water partition coefficient (Wildman–Crippen LogP) is 1.07. The van der Waals surface area contributed by atoms with E-state index in [0.29, 0.717) is 6.42 Å². The van der Waals surface area contributed by atoms with Gasteiger partial charge in [0.05, 0.1) is 12.9 Å². The van der Waals surface area contributed by atoms with Crippen molar-refractivity contribution in [3.8, 4) is 0 Å². The van der Waals surface area contributed by atoms with E-state index < -0.39 is 11.9 Å². The topological polar surface area (TPSA) is 82.8 Å². The summed E-state index contributed by atoms with van der Waals surface area (Å²) in [7, 11) is 1.59. The summed E-state index contributed by atoms with van der Waals surface area (Å²) in [6.07, 6.45) is 1.77. The fourth-order valence-electron chi connectivity index (χ4n) is 2.21. The Morgan fingerprint density at radius 3 is 2.57 bits per heavy atom. The number of furan rings is 1. The summed E-state index contributed by atoms with van der Waals surface area (Å²) in [6.45, 7) is 0.0766. The van der Waals surface area contributed by atoms with Crippen LogP contribution in [0, 0.1) is 0 Å². The number of amides is 2. The van der Waals surface area contributed by atoms with Gasteiger partial charge in [0.2, 0.25) is 5.91 Å². The molecule has 1 heterocycles. The summed E-state index contributed by atoms with van der Waals surface area (Å²) in [5.41, 5.74) is 0.933. The number of hydrogen-bond acceptors (Lipinski definition) is 4. The van der Waals surface area contributed by atoms with Gasteiger partial charge in [-0.3, -0.25) is 9.59 Å². The van der Waals surface area contributed by atoms with Crippen molar-refractivity contribution >= 4 is 11.8 Å². The van der Waals surface area contributed by atoms with E-state index in [4.69, 9.17) is 9.52 Å². The Morgan fingerprint density at radius 1 is 1.22 bits per heavy atom. The molecule has 0 radical (unpaired) electrons. The van der Waals surface area contributed by atoms with Crippen LogP contribution in [0.1, 0.15) is 16.1 Å². The number of rotatable bonds is 7. The quantitative estimate of drug-likeness (QED) is 0.800. The van der Waals surface area contributed by atoms with Gasteiger partial charge in [-0.1, -0.05) is 30.3 Å². The van der Waals surface area contributed by atoms with E-state index in [9.17, 15) is 9.59 Å². The molecule has 0 saturated carbocycles. The van der Waals surface area contributed by atoms with Crippen molar-refractivity contribution in [3.63, 3.8) is 0 Å². The SMILES string of the molecule is CN(CCO)C(=O)C(Cc1ccccc1)NC(=O)c1ccco1. The number of aliphatic hydroxyl groups excluding tert-OH is 1. The Bertz CT molecular complexity index is 625. The van der Waals surface area contributed by atoms with E-state index in [2.05, 4.69) is 5.32 Å². The molecule has 0 bridgehead atoms. The van der Waals surface area contributed by atoms with Crippen LogP contribution in [0.15, 0.2) is 53.1 Å². The van der Waals surface area contributed by atoms with Gasteiger partial charge < -0.3 is 19.7 Å². The Kier molecular flexibility index (Phi) is 5.94. The molecule has 1 unspecified atom stereocenters. The monoisotopic (exact) mass is 316 g/mol. The molecule has 2 N–H and O–H groups in total. The molecule has 6 heteroatoms. The highest BCUT2D eigenvalue weighted by Crippen LogP contribution is 2.08. The average molecular weight is 316 g/mol. The zero-order valence-electron chi connectivity index (χ0n) is 12.9. The number of nitrogens with zero attached hydrogens (tertiary/aromatic N) is 1. The lowest BCUT2D eigenvalue weighted by Gasteiger charge is -2.24. The second kappa shape index (κ2) is 8.14. The molecule has 0 fully saturated rings. The second-order valence-corrected chi connectivity index (χ2v) is 5.18. The third kappa shape index (κ3) is 4.69. The van der Waals surface area contributed by atoms with Crippen molar-refractivity contribution in [3.05, 3.63) is 60.1 Å². The first-order valence-corrected chi connectivity index (χ1v) is 7.36. The van der Waals surface area contributed by atoms with Crippen LogP contribution in [0.5, 0.6) is 0 Å². The van der Waals surface area contributed by atoms with E-state index in [-0.39, 0.29) is 24.8 Å². The second-order valence-electron chi connectivity index (χ2n) is 5.18. The van der Waals surface area contributed by atoms with E-state index in [1.807, 2.05) is 30.3 Å². The minimum Gasteiger partial charge on any atom is -0.459 e. The molecule has 1 aromatic heterocycles. The van der Waals surface area contributed by atoms with Gasteiger partial charge in [-0.05, 0) is 17.7 Å². The third-order valence-electron chi connectivity index (χ3n) is 3.44. The maximum absolute atomic E-state index is 12.5. The van der Waals surface area contributed by atoms with Crippen LogP contribution < -0.4 is 5.32 Å². The van der Waals surface area contributed by atoms with Crippen molar-refractivity contribution in [2.75, 3.05) is 20.2 Å². The van der Waals surface area contributed by atoms with Crippen LogP contribution in [0.4, 0.5) is 0 Å². The summed E-state index contributed by atoms with van der Waals surface area (Å²) in [5.74, 6) is -0.551. The van der Waals surface area contributed by atoms with E-state index in [1.54, 1.807) is 13.1 Å². The van der Waals surface area contributed by atoms with Gasteiger partial charge in [-0.25, -0.2) is 0 Å². The molecule has 122 valence electrons. The van der Waals surface area contributed by atoms with Crippen molar-refractivity contribution in [2.45, 2.75) is 12.5 Å². The van der Waals surface area contributed by atoms with Gasteiger partial charge in [-0.15, -0.1) is 0 Å². The number of carbonyl (C=O) groups excluding carboxylic acids is 2. The zero-order valence-corrected chi connectivity index (χ0v) is 12.9. The van der Waals surface area contributed by atoms with Crippen molar-refractivity contribution in [1.82, 2.24) is 10.2 Å². The first-order valence-electron chi connectivity index (χ1n) is 7.36. The maximum Gasteiger partial charge on any atom is 0.287 e. The summed E-state index contributed by atoms with van der Waals surface area (Å²) in [4.78, 5) is 26.1. The molecule has 0 aliphatic carbocycles. The molecule has 0 saturated heterocycles. The summed E-state index contributed by atoms with van der Waals surface area (Å²) < 4.78 is 5.06. The van der Waals surface area contributed by atoms with Crippen molar-refractivity contribution in [2.24, 2.45) is 0 Å². The highest BCUT2D eigenvalue weighted by Gasteiger charge is 2.25. The lowest BCUT2D eigenvalue weighted by molar-refractivity contribution is -0.132. The third-order valence-corrected chi connectivity index (χ3v) is 3.44. The van der Waals surface area contributed by atoms with Crippen LogP contribution in [0.2, 0.25) is 0 Å². The number of hydrogen-bond donors (Lipinski definition) is 2. The standard InChI is InChI=1S/C17H20N2O4/c1-19(9-10-20)17(22)14(12-13-6-3-2-4-7-13)18-16(21)15-8-5-11-23-15/h2-8,11,14,20H,9-10,12H2,1H3,(H,18,21). The van der Waals surface area contributed by atoms with Gasteiger partial charge in [0, 0.05) is 20.0 Å². The molecule has 6 nitrogen and oxygen atoms in total. The smallest absolute Gasteiger partial charge is 0.287 e. The van der Waals surface area contributed by atoms with E-state index >= 15 is 0 Å². The minimum absolute atomic E-state index is 0.133. The minimum atomic E-state index is -0.730. The molecule has 0 spiro atoms. The van der Waals surface area contributed by atoms with Gasteiger partial charge in [-0.2, -0.15) is 0 Å². The molecule has 2 amide bonds. The maximum atomic E-state index is 12.5. The molecule has 1 atom stereocenters. The van der Waals surface area contributed by atoms with Crippen molar-refractivity contribution < 1.29 is 19.1 Å². The first-order chi connectivity index (χ1) is 11.1. The van der Waals surface area contributed by atoms with Crippen LogP contribution in [-0.4, -0.2) is 48.1 Å². The van der Waals surface area contributed by atoms with Crippen LogP contribution in [-0.2, 0) is 11.2 Å². The Morgan fingerprint density at radius 2 is 1.96 bits per heavy atom. The first kappa shape index (κ1) is 16.8. The molecule has 23 heavy (non-hydrogen) atoms. The number of aliphatic hydroxyl groups is 1. The Hall–Kier alpha value is -2.60. The highest BCUT2D eigenvalue weighted by atomic mass is 16.3. The summed E-state index contributed by atoms with van der Waals surface area (Å²) in [5, 5.41) is 11.7. The Labute approximate surface area is 134 Å². The average Bonchev–Trinajstić information content (AvgIpc) is 3.09. The van der Waals surface area contributed by atoms with Crippen LogP contribution in [0.25, 0.3) is 0 Å². The van der Waals surface area contributed by atoms with Crippen LogP contribution >= 0.6 is 0 Å². The number of carbonyl (C=O) groups is 2. The van der Waals surface area contributed by atoms with Crippen LogP contribution in [0.3, 0.4) is 0 Å². The molecular weight excluding hydrogens is 296 g/mol. The van der Waals surface area contributed by atoms with Gasteiger partial charge >= 0.3 is 0 Å². The Balaban J connectivity index is 2.13. The molecule has 1 aromatic carbocycles. The zero-order chi connectivity index (χ0) is 16.7. The van der Waals surface area contributed by atoms with E-state index in [1.165, 1.54) is 17.2 Å². The largest absolute Gasteiger partial charge is 0.459 e. The fraction of sp³-hybridized carbons (Fsp3) is 0.294. The lowest BCUT2D eigenvalue weighted by Crippen LogP contribution is -2.49. The molecule has 0 aliphatic heterocycles. The highest BCUT2D eigenvalue weighted by molar-refractivity contribution is 5.95. The number of likely N-dealkylation sites (N-methyl/N-ethyl adjacent to an activating group) is 1. The summed E-state index contributed by atoms with van der Waals surface area (Å²) >= 11 is 0. The van der Waals surface area contributed by atoms with Gasteiger partial charge in [0.25, 0.3) is 5.91 Å². The fourth-order valence-corrected chi connectivity index (χ4v) is 2.21. The summed E-state index contributed by atoms with van der Waals surface area (Å²) in [6, 6.07) is 11.9. The number of nitrogens with one attached hydrogen (secondary N) is 1. The lowest BCUT2D eigenvalue weighted by atomic mass is 10.0. The van der Waals surface area contributed by atoms with Gasteiger partial charge in [0.15, 0.2) is 5.76 Å². The number of benzene rings is 1. The van der Waals surface area contributed by atoms with E-state index in [0.717, 1.165) is 5.56 Å². The predicted molar refractivity (Wildman–Crippen MR) is 84.8 cm³/mol. The van der Waals surface area contributed by atoms with Gasteiger partial charge in [0.1, 0.15) is 6.04 Å². The molecule has 2 aromatic rings. The molecule has 0 aliphatic rings. The molecular formula is C17H20N2O4. The van der Waals surface area contributed by atoms with Crippen molar-refractivity contribution in [1.29, 1.82) is 0 Å².